The van der Waals surface area contributed by atoms with Crippen molar-refractivity contribution in [1.29, 1.82) is 0 Å². The van der Waals surface area contributed by atoms with Gasteiger partial charge in [-0.25, -0.2) is 0 Å². The lowest BCUT2D eigenvalue weighted by molar-refractivity contribution is -0.126. The quantitative estimate of drug-likeness (QED) is 0.791. The maximum absolute atomic E-state index is 12.2. The van der Waals surface area contributed by atoms with E-state index < -0.39 is 0 Å². The maximum atomic E-state index is 12.2. The number of halogens is 1. The van der Waals surface area contributed by atoms with Crippen molar-refractivity contribution in [3.8, 4) is 0 Å². The van der Waals surface area contributed by atoms with E-state index in [0.717, 1.165) is 25.9 Å². The van der Waals surface area contributed by atoms with Gasteiger partial charge in [0.1, 0.15) is 0 Å². The molecule has 0 bridgehead atoms. The van der Waals surface area contributed by atoms with Gasteiger partial charge in [-0.05, 0) is 24.2 Å². The normalized spacial score (nSPS) is 20.8. The van der Waals surface area contributed by atoms with Gasteiger partial charge in [-0.1, -0.05) is 34.6 Å². The Bertz CT molecular complexity index is 297. The Labute approximate surface area is 136 Å². The average molecular weight is 321 g/mol. The van der Waals surface area contributed by atoms with E-state index in [2.05, 4.69) is 45.3 Å². The molecule has 0 spiro atoms. The highest BCUT2D eigenvalue weighted by atomic mass is 35.5. The monoisotopic (exact) mass is 320 g/mol. The summed E-state index contributed by atoms with van der Waals surface area (Å²) in [5.41, 5.74) is 0.0935. The summed E-state index contributed by atoms with van der Waals surface area (Å²) in [6, 6.07) is 0.231. The summed E-state index contributed by atoms with van der Waals surface area (Å²) in [6.07, 6.45) is 2.66. The summed E-state index contributed by atoms with van der Waals surface area (Å²) in [7, 11) is 0. The second kappa shape index (κ2) is 9.65. The van der Waals surface area contributed by atoms with E-state index in [1.165, 1.54) is 0 Å². The van der Waals surface area contributed by atoms with Crippen LogP contribution >= 0.6 is 12.4 Å². The highest BCUT2D eigenvalue weighted by molar-refractivity contribution is 5.85. The molecule has 0 radical (unpaired) electrons. The lowest BCUT2D eigenvalue weighted by atomic mass is 9.82. The molecule has 1 amide bonds. The van der Waals surface area contributed by atoms with E-state index in [4.69, 9.17) is 4.74 Å². The summed E-state index contributed by atoms with van der Waals surface area (Å²) in [6.45, 7) is 13.4. The standard InChI is InChI=1S/C16H32N2O2.ClH/c1-12(2)6-7-14(16(3,4)5)18-15(19)10-13-11-17-8-9-20-13;/h12-14,17H,6-11H2,1-5H3,(H,18,19);1H. The lowest BCUT2D eigenvalue weighted by Gasteiger charge is -2.33. The third kappa shape index (κ3) is 8.64. The van der Waals surface area contributed by atoms with E-state index in [-0.39, 0.29) is 35.9 Å². The predicted octanol–water partition coefficient (Wildman–Crippen LogP) is 2.75. The SMILES string of the molecule is CC(C)CCC(NC(=O)CC1CNCCO1)C(C)(C)C.Cl. The first-order chi connectivity index (χ1) is 9.29. The molecule has 1 aliphatic rings. The number of hydrogen-bond donors (Lipinski definition) is 2. The summed E-state index contributed by atoms with van der Waals surface area (Å²) in [4.78, 5) is 12.2. The molecule has 21 heavy (non-hydrogen) atoms. The fourth-order valence-corrected chi connectivity index (χ4v) is 2.43. The van der Waals surface area contributed by atoms with E-state index in [0.29, 0.717) is 18.9 Å². The molecule has 1 fully saturated rings. The van der Waals surface area contributed by atoms with Crippen molar-refractivity contribution in [2.45, 2.75) is 66.0 Å². The maximum Gasteiger partial charge on any atom is 0.222 e. The van der Waals surface area contributed by atoms with Crippen LogP contribution in [-0.4, -0.2) is 37.7 Å². The number of hydrogen-bond acceptors (Lipinski definition) is 3. The molecule has 2 unspecified atom stereocenters. The first-order valence-electron chi connectivity index (χ1n) is 7.90. The minimum Gasteiger partial charge on any atom is -0.375 e. The molecule has 2 N–H and O–H groups in total. The topological polar surface area (TPSA) is 50.4 Å². The number of carbonyl (C=O) groups is 1. The zero-order valence-corrected chi connectivity index (χ0v) is 15.0. The predicted molar refractivity (Wildman–Crippen MR) is 89.9 cm³/mol. The highest BCUT2D eigenvalue weighted by Crippen LogP contribution is 2.24. The molecule has 1 rings (SSSR count). The largest absolute Gasteiger partial charge is 0.375 e. The Morgan fingerprint density at radius 2 is 2.00 bits per heavy atom. The van der Waals surface area contributed by atoms with Crippen molar-refractivity contribution < 1.29 is 9.53 Å². The van der Waals surface area contributed by atoms with Crippen LogP contribution in [0.4, 0.5) is 0 Å². The molecule has 4 nitrogen and oxygen atoms in total. The molecular weight excluding hydrogens is 288 g/mol. The molecule has 1 saturated heterocycles. The van der Waals surface area contributed by atoms with Crippen molar-refractivity contribution >= 4 is 18.3 Å². The average Bonchev–Trinajstić information content (AvgIpc) is 2.34. The molecule has 0 aliphatic carbocycles. The summed E-state index contributed by atoms with van der Waals surface area (Å²) >= 11 is 0. The molecular formula is C16H33ClN2O2. The van der Waals surface area contributed by atoms with E-state index in [1.54, 1.807) is 0 Å². The van der Waals surface area contributed by atoms with E-state index in [9.17, 15) is 4.79 Å². The fraction of sp³-hybridized carbons (Fsp3) is 0.938. The number of morpholine rings is 1. The van der Waals surface area contributed by atoms with Crippen LogP contribution in [0.25, 0.3) is 0 Å². The van der Waals surface area contributed by atoms with Gasteiger partial charge in [0.25, 0.3) is 0 Å². The second-order valence-electron chi connectivity index (χ2n) is 7.36. The van der Waals surface area contributed by atoms with E-state index in [1.807, 2.05) is 0 Å². The molecule has 0 aromatic rings. The van der Waals surface area contributed by atoms with Crippen molar-refractivity contribution in [3.05, 3.63) is 0 Å². The number of ether oxygens (including phenoxy) is 1. The number of rotatable bonds is 6. The number of amides is 1. The third-order valence-corrected chi connectivity index (χ3v) is 3.83. The second-order valence-corrected chi connectivity index (χ2v) is 7.36. The van der Waals surface area contributed by atoms with Crippen molar-refractivity contribution in [2.24, 2.45) is 11.3 Å². The smallest absolute Gasteiger partial charge is 0.222 e. The van der Waals surface area contributed by atoms with Crippen LogP contribution in [-0.2, 0) is 9.53 Å². The Morgan fingerprint density at radius 3 is 2.48 bits per heavy atom. The molecule has 5 heteroatoms. The van der Waals surface area contributed by atoms with E-state index >= 15 is 0 Å². The summed E-state index contributed by atoms with van der Waals surface area (Å²) < 4.78 is 5.59. The zero-order chi connectivity index (χ0) is 15.2. The van der Waals surface area contributed by atoms with Gasteiger partial charge < -0.3 is 15.4 Å². The molecule has 126 valence electrons. The Balaban J connectivity index is 0.00000400. The van der Waals surface area contributed by atoms with Crippen LogP contribution in [0.15, 0.2) is 0 Å². The highest BCUT2D eigenvalue weighted by Gasteiger charge is 2.27. The minimum atomic E-state index is 0. The molecule has 2 atom stereocenters. The molecule has 0 aromatic heterocycles. The van der Waals surface area contributed by atoms with Gasteiger partial charge in [-0.15, -0.1) is 12.4 Å². The van der Waals surface area contributed by atoms with Gasteiger partial charge >= 0.3 is 0 Å². The fourth-order valence-electron chi connectivity index (χ4n) is 2.43. The molecule has 0 aromatic carbocycles. The minimum absolute atomic E-state index is 0. The van der Waals surface area contributed by atoms with Gasteiger partial charge in [0.2, 0.25) is 5.91 Å². The van der Waals surface area contributed by atoms with Gasteiger partial charge in [0, 0.05) is 19.1 Å². The number of carbonyl (C=O) groups excluding carboxylic acids is 1. The van der Waals surface area contributed by atoms with Crippen molar-refractivity contribution in [1.82, 2.24) is 10.6 Å². The summed E-state index contributed by atoms with van der Waals surface area (Å²) in [5, 5.41) is 6.47. The van der Waals surface area contributed by atoms with Crippen LogP contribution in [0.1, 0.15) is 53.9 Å². The van der Waals surface area contributed by atoms with Gasteiger partial charge in [0.05, 0.1) is 19.1 Å². The van der Waals surface area contributed by atoms with Gasteiger partial charge in [-0.3, -0.25) is 4.79 Å². The van der Waals surface area contributed by atoms with Crippen LogP contribution in [0.3, 0.4) is 0 Å². The van der Waals surface area contributed by atoms with Crippen LogP contribution in [0.2, 0.25) is 0 Å². The zero-order valence-electron chi connectivity index (χ0n) is 14.2. The Hall–Kier alpha value is -0.320. The number of nitrogens with one attached hydrogen (secondary N) is 2. The van der Waals surface area contributed by atoms with Crippen LogP contribution in [0.5, 0.6) is 0 Å². The summed E-state index contributed by atoms with van der Waals surface area (Å²) in [5.74, 6) is 0.782. The van der Waals surface area contributed by atoms with Gasteiger partial charge in [-0.2, -0.15) is 0 Å². The molecule has 0 saturated carbocycles. The van der Waals surface area contributed by atoms with Crippen LogP contribution in [0, 0.1) is 11.3 Å². The van der Waals surface area contributed by atoms with Crippen LogP contribution < -0.4 is 10.6 Å². The first kappa shape index (κ1) is 20.7. The van der Waals surface area contributed by atoms with Crippen molar-refractivity contribution in [3.63, 3.8) is 0 Å². The molecule has 1 aliphatic heterocycles. The Kier molecular flexibility index (Phi) is 9.50. The van der Waals surface area contributed by atoms with Gasteiger partial charge in [0.15, 0.2) is 0 Å². The lowest BCUT2D eigenvalue weighted by Crippen LogP contribution is -2.47. The third-order valence-electron chi connectivity index (χ3n) is 3.83. The molecule has 1 heterocycles. The van der Waals surface area contributed by atoms with Crippen molar-refractivity contribution in [2.75, 3.05) is 19.7 Å². The first-order valence-corrected chi connectivity index (χ1v) is 7.90. The Morgan fingerprint density at radius 1 is 1.33 bits per heavy atom.